The van der Waals surface area contributed by atoms with E-state index in [2.05, 4.69) is 21.3 Å². The van der Waals surface area contributed by atoms with Crippen LogP contribution in [0, 0.1) is 0 Å². The molecule has 4 rings (SSSR count). The van der Waals surface area contributed by atoms with Crippen molar-refractivity contribution >= 4 is 29.1 Å². The van der Waals surface area contributed by atoms with E-state index in [1.54, 1.807) is 48.5 Å². The van der Waals surface area contributed by atoms with Crippen molar-refractivity contribution in [3.63, 3.8) is 0 Å². The lowest BCUT2D eigenvalue weighted by molar-refractivity contribution is -0.114. The molecule has 1 atom stereocenters. The van der Waals surface area contributed by atoms with Crippen LogP contribution in [0.25, 0.3) is 0 Å². The highest BCUT2D eigenvalue weighted by atomic mass is 16.5. The van der Waals surface area contributed by atoms with E-state index in [1.807, 2.05) is 30.3 Å². The summed E-state index contributed by atoms with van der Waals surface area (Å²) in [5, 5.41) is 11.6. The molecule has 4 N–H and O–H groups in total. The fourth-order valence-corrected chi connectivity index (χ4v) is 3.86. The van der Waals surface area contributed by atoms with E-state index >= 15 is 0 Å². The Hall–Kier alpha value is -4.17. The van der Waals surface area contributed by atoms with E-state index < -0.39 is 0 Å². The van der Waals surface area contributed by atoms with Crippen LogP contribution < -0.4 is 21.3 Å². The van der Waals surface area contributed by atoms with Crippen LogP contribution in [0.3, 0.4) is 0 Å². The molecule has 3 aromatic carbocycles. The number of nitrogens with one attached hydrogen (secondary N) is 4. The third-order valence-corrected chi connectivity index (χ3v) is 5.82. The van der Waals surface area contributed by atoms with Crippen molar-refractivity contribution < 1.29 is 19.1 Å². The third kappa shape index (κ3) is 7.41. The van der Waals surface area contributed by atoms with Crippen LogP contribution in [0.4, 0.5) is 11.4 Å². The van der Waals surface area contributed by atoms with Gasteiger partial charge in [-0.05, 0) is 60.9 Å². The number of ether oxygens (including phenoxy) is 1. The van der Waals surface area contributed by atoms with Crippen LogP contribution in [0.1, 0.15) is 39.1 Å². The molecule has 0 radical (unpaired) electrons. The molecule has 8 nitrogen and oxygen atoms in total. The minimum absolute atomic E-state index is 0.0265. The Morgan fingerprint density at radius 3 is 2.33 bits per heavy atom. The molecule has 0 aliphatic carbocycles. The van der Waals surface area contributed by atoms with Crippen molar-refractivity contribution in [3.05, 3.63) is 95.6 Å². The van der Waals surface area contributed by atoms with Gasteiger partial charge in [-0.2, -0.15) is 0 Å². The van der Waals surface area contributed by atoms with Crippen LogP contribution >= 0.6 is 0 Å². The van der Waals surface area contributed by atoms with Crippen LogP contribution in [0.15, 0.2) is 78.9 Å². The van der Waals surface area contributed by atoms with Gasteiger partial charge in [-0.25, -0.2) is 0 Å². The minimum atomic E-state index is -0.246. The van der Waals surface area contributed by atoms with Gasteiger partial charge < -0.3 is 26.0 Å². The van der Waals surface area contributed by atoms with Crippen molar-refractivity contribution in [1.29, 1.82) is 0 Å². The van der Waals surface area contributed by atoms with E-state index in [9.17, 15) is 14.4 Å². The van der Waals surface area contributed by atoms with Crippen molar-refractivity contribution in [1.82, 2.24) is 10.6 Å². The summed E-state index contributed by atoms with van der Waals surface area (Å²) in [5.74, 6) is -0.603. The van der Waals surface area contributed by atoms with Gasteiger partial charge in [0, 0.05) is 42.2 Å². The molecule has 3 amide bonds. The number of carbonyl (C=O) groups excluding carboxylic acids is 3. The molecule has 8 heteroatoms. The smallest absolute Gasteiger partial charge is 0.251 e. The average molecular weight is 487 g/mol. The van der Waals surface area contributed by atoms with E-state index in [4.69, 9.17) is 4.74 Å². The molecule has 186 valence electrons. The summed E-state index contributed by atoms with van der Waals surface area (Å²) in [6, 6.07) is 23.4. The van der Waals surface area contributed by atoms with Gasteiger partial charge in [-0.3, -0.25) is 14.4 Å². The Kier molecular flexibility index (Phi) is 8.67. The summed E-state index contributed by atoms with van der Waals surface area (Å²) in [4.78, 5) is 37.2. The largest absolute Gasteiger partial charge is 0.376 e. The predicted octanol–water partition coefficient (Wildman–Crippen LogP) is 3.58. The van der Waals surface area contributed by atoms with Gasteiger partial charge in [-0.15, -0.1) is 0 Å². The standard InChI is InChI=1S/C28H30N4O4/c33-26(32-23-13-11-21(12-14-23)27(34)31-18-25-10-5-15-36-25)19-29-24-9-4-8-22(16-24)28(35)30-17-20-6-2-1-3-7-20/h1-4,6-9,11-14,16,25,29H,5,10,15,17-19H2,(H,30,35)(H,31,34)(H,32,33). The van der Waals surface area contributed by atoms with Gasteiger partial charge in [0.15, 0.2) is 0 Å². The molecule has 1 unspecified atom stereocenters. The molecule has 0 aromatic heterocycles. The van der Waals surface area contributed by atoms with Crippen LogP contribution in [0.2, 0.25) is 0 Å². The Balaban J connectivity index is 1.22. The summed E-state index contributed by atoms with van der Waals surface area (Å²) in [6.45, 7) is 1.71. The summed E-state index contributed by atoms with van der Waals surface area (Å²) >= 11 is 0. The van der Waals surface area contributed by atoms with E-state index in [0.29, 0.717) is 35.6 Å². The quantitative estimate of drug-likeness (QED) is 0.350. The zero-order valence-corrected chi connectivity index (χ0v) is 20.0. The summed E-state index contributed by atoms with van der Waals surface area (Å²) in [6.07, 6.45) is 2.08. The first-order chi connectivity index (χ1) is 17.6. The van der Waals surface area contributed by atoms with Crippen molar-refractivity contribution in [3.8, 4) is 0 Å². The maximum Gasteiger partial charge on any atom is 0.251 e. The number of anilines is 2. The first-order valence-electron chi connectivity index (χ1n) is 12.0. The average Bonchev–Trinajstić information content (AvgIpc) is 3.44. The lowest BCUT2D eigenvalue weighted by Crippen LogP contribution is -2.31. The number of amides is 3. The molecule has 0 bridgehead atoms. The first-order valence-corrected chi connectivity index (χ1v) is 12.0. The summed E-state index contributed by atoms with van der Waals surface area (Å²) in [7, 11) is 0. The van der Waals surface area contributed by atoms with E-state index in [1.165, 1.54) is 0 Å². The number of rotatable bonds is 10. The number of hydrogen-bond donors (Lipinski definition) is 4. The molecular weight excluding hydrogens is 456 g/mol. The van der Waals surface area contributed by atoms with Gasteiger partial charge in [0.05, 0.1) is 12.6 Å². The second-order valence-corrected chi connectivity index (χ2v) is 8.57. The fourth-order valence-electron chi connectivity index (χ4n) is 3.86. The maximum atomic E-state index is 12.5. The molecule has 1 heterocycles. The monoisotopic (exact) mass is 486 g/mol. The fraction of sp³-hybridized carbons (Fsp3) is 0.250. The molecule has 0 spiro atoms. The normalized spacial score (nSPS) is 14.6. The topological polar surface area (TPSA) is 109 Å². The summed E-state index contributed by atoms with van der Waals surface area (Å²) in [5.41, 5.74) is 3.29. The Bertz CT molecular complexity index is 1180. The van der Waals surface area contributed by atoms with E-state index in [-0.39, 0.29) is 30.4 Å². The lowest BCUT2D eigenvalue weighted by atomic mass is 10.1. The predicted molar refractivity (Wildman–Crippen MR) is 139 cm³/mol. The molecular formula is C28H30N4O4. The zero-order chi connectivity index (χ0) is 25.2. The van der Waals surface area contributed by atoms with Crippen molar-refractivity contribution in [2.45, 2.75) is 25.5 Å². The van der Waals surface area contributed by atoms with Crippen molar-refractivity contribution in [2.75, 3.05) is 30.3 Å². The van der Waals surface area contributed by atoms with Gasteiger partial charge in [0.2, 0.25) is 5.91 Å². The van der Waals surface area contributed by atoms with Gasteiger partial charge in [0.1, 0.15) is 0 Å². The van der Waals surface area contributed by atoms with Gasteiger partial charge in [0.25, 0.3) is 11.8 Å². The highest BCUT2D eigenvalue weighted by Gasteiger charge is 2.16. The Morgan fingerprint density at radius 2 is 1.58 bits per heavy atom. The number of carbonyl (C=O) groups is 3. The maximum absolute atomic E-state index is 12.5. The molecule has 3 aromatic rings. The Labute approximate surface area is 210 Å². The number of benzene rings is 3. The second kappa shape index (κ2) is 12.5. The zero-order valence-electron chi connectivity index (χ0n) is 20.0. The van der Waals surface area contributed by atoms with Gasteiger partial charge in [-0.1, -0.05) is 36.4 Å². The molecule has 1 aliphatic heterocycles. The highest BCUT2D eigenvalue weighted by molar-refractivity contribution is 5.97. The molecule has 1 saturated heterocycles. The van der Waals surface area contributed by atoms with Crippen LogP contribution in [-0.4, -0.2) is 43.5 Å². The number of hydrogen-bond acceptors (Lipinski definition) is 5. The lowest BCUT2D eigenvalue weighted by Gasteiger charge is -2.12. The Morgan fingerprint density at radius 1 is 0.806 bits per heavy atom. The SMILES string of the molecule is O=C(CNc1cccc(C(=O)NCc2ccccc2)c1)Nc1ccc(C(=O)NCC2CCCO2)cc1. The first kappa shape index (κ1) is 24.9. The van der Waals surface area contributed by atoms with Gasteiger partial charge >= 0.3 is 0 Å². The molecule has 0 saturated carbocycles. The van der Waals surface area contributed by atoms with Crippen LogP contribution in [-0.2, 0) is 16.1 Å². The molecule has 36 heavy (non-hydrogen) atoms. The molecule has 1 aliphatic rings. The van der Waals surface area contributed by atoms with Crippen LogP contribution in [0.5, 0.6) is 0 Å². The van der Waals surface area contributed by atoms with Crippen molar-refractivity contribution in [2.24, 2.45) is 0 Å². The highest BCUT2D eigenvalue weighted by Crippen LogP contribution is 2.14. The molecule has 1 fully saturated rings. The third-order valence-electron chi connectivity index (χ3n) is 5.82. The van der Waals surface area contributed by atoms with E-state index in [0.717, 1.165) is 25.0 Å². The second-order valence-electron chi connectivity index (χ2n) is 8.57. The summed E-state index contributed by atoms with van der Waals surface area (Å²) < 4.78 is 5.51. The minimum Gasteiger partial charge on any atom is -0.376 e.